The summed E-state index contributed by atoms with van der Waals surface area (Å²) < 4.78 is 0.526. The molecule has 0 radical (unpaired) electrons. The van der Waals surface area contributed by atoms with Crippen molar-refractivity contribution in [3.63, 3.8) is 0 Å². The van der Waals surface area contributed by atoms with Crippen LogP contribution in [0.1, 0.15) is 23.7 Å². The molecule has 20 heavy (non-hydrogen) atoms. The van der Waals surface area contributed by atoms with E-state index in [1.807, 2.05) is 6.92 Å². The van der Waals surface area contributed by atoms with E-state index in [4.69, 9.17) is 5.73 Å². The first-order valence-electron chi connectivity index (χ1n) is 6.38. The van der Waals surface area contributed by atoms with Gasteiger partial charge in [0, 0.05) is 41.3 Å². The number of halogens is 1. The summed E-state index contributed by atoms with van der Waals surface area (Å²) in [5.41, 5.74) is 6.09. The molecule has 6 nitrogen and oxygen atoms in total. The highest BCUT2D eigenvalue weighted by atomic mass is 79.9. The number of nitrogens with two attached hydrogens (primary N) is 1. The van der Waals surface area contributed by atoms with E-state index in [-0.39, 0.29) is 17.6 Å². The number of amides is 1. The molecule has 2 rings (SSSR count). The molecule has 1 aliphatic heterocycles. The first kappa shape index (κ1) is 14.9. The summed E-state index contributed by atoms with van der Waals surface area (Å²) in [7, 11) is 0. The van der Waals surface area contributed by atoms with Crippen LogP contribution in [-0.2, 0) is 0 Å². The Kier molecular flexibility index (Phi) is 4.39. The van der Waals surface area contributed by atoms with Gasteiger partial charge in [0.2, 0.25) is 0 Å². The minimum absolute atomic E-state index is 0.0460. The monoisotopic (exact) mass is 341 g/mol. The number of benzene rings is 1. The van der Waals surface area contributed by atoms with Crippen molar-refractivity contribution < 1.29 is 9.72 Å². The highest BCUT2D eigenvalue weighted by molar-refractivity contribution is 9.10. The molecule has 1 heterocycles. The molecule has 0 saturated carbocycles. The largest absolute Gasteiger partial charge is 0.338 e. The Morgan fingerprint density at radius 1 is 1.55 bits per heavy atom. The van der Waals surface area contributed by atoms with Crippen LogP contribution in [0.25, 0.3) is 0 Å². The lowest BCUT2D eigenvalue weighted by molar-refractivity contribution is -0.385. The summed E-state index contributed by atoms with van der Waals surface area (Å²) in [6.45, 7) is 3.19. The lowest BCUT2D eigenvalue weighted by Gasteiger charge is -2.18. The Morgan fingerprint density at radius 3 is 2.80 bits per heavy atom. The van der Waals surface area contributed by atoms with Crippen molar-refractivity contribution in [3.05, 3.63) is 38.3 Å². The fourth-order valence-corrected chi connectivity index (χ4v) is 2.87. The van der Waals surface area contributed by atoms with Gasteiger partial charge in [-0.2, -0.15) is 0 Å². The molecule has 0 bridgehead atoms. The molecule has 1 aromatic rings. The minimum atomic E-state index is -0.504. The van der Waals surface area contributed by atoms with Crippen LogP contribution in [0.15, 0.2) is 22.7 Å². The third-order valence-electron chi connectivity index (χ3n) is 3.60. The van der Waals surface area contributed by atoms with Crippen molar-refractivity contribution in [2.75, 3.05) is 13.1 Å². The SMILES string of the molecule is CC(N)C1CCN(C(=O)c2cc(Br)cc([N+](=O)[O-])c2)C1. The Hall–Kier alpha value is -1.47. The van der Waals surface area contributed by atoms with Gasteiger partial charge < -0.3 is 10.6 Å². The van der Waals surface area contributed by atoms with E-state index in [0.29, 0.717) is 29.0 Å². The number of nitro groups is 1. The highest BCUT2D eigenvalue weighted by Crippen LogP contribution is 2.25. The van der Waals surface area contributed by atoms with Crippen LogP contribution in [-0.4, -0.2) is 34.9 Å². The number of nitrogens with zero attached hydrogens (tertiary/aromatic N) is 2. The normalized spacial score (nSPS) is 19.9. The van der Waals surface area contributed by atoms with Crippen LogP contribution in [0.3, 0.4) is 0 Å². The van der Waals surface area contributed by atoms with E-state index in [1.165, 1.54) is 12.1 Å². The summed E-state index contributed by atoms with van der Waals surface area (Å²) in [5.74, 6) is 0.110. The van der Waals surface area contributed by atoms with Gasteiger partial charge in [-0.15, -0.1) is 0 Å². The molecule has 1 saturated heterocycles. The number of rotatable bonds is 3. The standard InChI is InChI=1S/C13H16BrN3O3/c1-8(15)9-2-3-16(7-9)13(18)10-4-11(14)6-12(5-10)17(19)20/h4-6,8-9H,2-3,7,15H2,1H3. The summed E-state index contributed by atoms with van der Waals surface area (Å²) in [5, 5.41) is 10.8. The average molecular weight is 342 g/mol. The lowest BCUT2D eigenvalue weighted by Crippen LogP contribution is -2.33. The number of non-ortho nitro benzene ring substituents is 1. The zero-order valence-corrected chi connectivity index (χ0v) is 12.7. The molecular formula is C13H16BrN3O3. The Morgan fingerprint density at radius 2 is 2.25 bits per heavy atom. The van der Waals surface area contributed by atoms with Gasteiger partial charge in [-0.25, -0.2) is 0 Å². The molecule has 1 fully saturated rings. The highest BCUT2D eigenvalue weighted by Gasteiger charge is 2.29. The maximum absolute atomic E-state index is 12.4. The lowest BCUT2D eigenvalue weighted by atomic mass is 10.0. The van der Waals surface area contributed by atoms with E-state index in [1.54, 1.807) is 11.0 Å². The molecule has 1 aliphatic rings. The molecular weight excluding hydrogens is 326 g/mol. The van der Waals surface area contributed by atoms with Crippen molar-refractivity contribution in [2.45, 2.75) is 19.4 Å². The number of hydrogen-bond donors (Lipinski definition) is 1. The van der Waals surface area contributed by atoms with E-state index >= 15 is 0 Å². The second-order valence-corrected chi connectivity index (χ2v) is 6.03. The van der Waals surface area contributed by atoms with Gasteiger partial charge in [-0.05, 0) is 25.3 Å². The number of likely N-dealkylation sites (tertiary alicyclic amines) is 1. The summed E-state index contributed by atoms with van der Waals surface area (Å²) >= 11 is 3.20. The average Bonchev–Trinajstić information content (AvgIpc) is 2.86. The summed E-state index contributed by atoms with van der Waals surface area (Å²) in [6, 6.07) is 4.34. The predicted octanol–water partition coefficient (Wildman–Crippen LogP) is 2.17. The maximum Gasteiger partial charge on any atom is 0.271 e. The molecule has 0 aromatic heterocycles. The first-order valence-corrected chi connectivity index (χ1v) is 7.17. The smallest absolute Gasteiger partial charge is 0.271 e. The van der Waals surface area contributed by atoms with Crippen LogP contribution >= 0.6 is 15.9 Å². The molecule has 2 N–H and O–H groups in total. The summed E-state index contributed by atoms with van der Waals surface area (Å²) in [6.07, 6.45) is 0.875. The molecule has 2 atom stereocenters. The molecule has 0 spiro atoms. The molecule has 2 unspecified atom stereocenters. The predicted molar refractivity (Wildman–Crippen MR) is 78.5 cm³/mol. The van der Waals surface area contributed by atoms with E-state index in [9.17, 15) is 14.9 Å². The number of carbonyl (C=O) groups is 1. The van der Waals surface area contributed by atoms with E-state index in [0.717, 1.165) is 6.42 Å². The zero-order valence-electron chi connectivity index (χ0n) is 11.1. The van der Waals surface area contributed by atoms with Crippen molar-refractivity contribution in [1.82, 2.24) is 4.90 Å². The summed E-state index contributed by atoms with van der Waals surface area (Å²) in [4.78, 5) is 24.4. The second kappa shape index (κ2) is 5.88. The number of hydrogen-bond acceptors (Lipinski definition) is 4. The van der Waals surface area contributed by atoms with Crippen LogP contribution in [0.2, 0.25) is 0 Å². The van der Waals surface area contributed by atoms with Crippen LogP contribution in [0.4, 0.5) is 5.69 Å². The van der Waals surface area contributed by atoms with Gasteiger partial charge in [0.05, 0.1) is 4.92 Å². The fourth-order valence-electron chi connectivity index (χ4n) is 2.39. The van der Waals surface area contributed by atoms with E-state index < -0.39 is 4.92 Å². The molecule has 0 aliphatic carbocycles. The van der Waals surface area contributed by atoms with Crippen molar-refractivity contribution in [2.24, 2.45) is 11.7 Å². The minimum Gasteiger partial charge on any atom is -0.338 e. The third kappa shape index (κ3) is 3.16. The van der Waals surface area contributed by atoms with Gasteiger partial charge >= 0.3 is 0 Å². The van der Waals surface area contributed by atoms with Gasteiger partial charge in [-0.1, -0.05) is 15.9 Å². The van der Waals surface area contributed by atoms with Gasteiger partial charge in [0.25, 0.3) is 11.6 Å². The Labute approximate surface area is 125 Å². The fraction of sp³-hybridized carbons (Fsp3) is 0.462. The first-order chi connectivity index (χ1) is 9.38. The van der Waals surface area contributed by atoms with Gasteiger partial charge in [0.1, 0.15) is 0 Å². The number of nitro benzene ring substituents is 1. The molecule has 7 heteroatoms. The van der Waals surface area contributed by atoms with E-state index in [2.05, 4.69) is 15.9 Å². The Bertz CT molecular complexity index is 548. The van der Waals surface area contributed by atoms with Crippen LogP contribution in [0, 0.1) is 16.0 Å². The van der Waals surface area contributed by atoms with Gasteiger partial charge in [-0.3, -0.25) is 14.9 Å². The molecule has 1 amide bonds. The Balaban J connectivity index is 2.20. The number of carbonyl (C=O) groups excluding carboxylic acids is 1. The maximum atomic E-state index is 12.4. The molecule has 1 aromatic carbocycles. The van der Waals surface area contributed by atoms with Crippen LogP contribution in [0.5, 0.6) is 0 Å². The second-order valence-electron chi connectivity index (χ2n) is 5.11. The van der Waals surface area contributed by atoms with Crippen molar-refractivity contribution in [3.8, 4) is 0 Å². The van der Waals surface area contributed by atoms with Crippen molar-refractivity contribution >= 4 is 27.5 Å². The van der Waals surface area contributed by atoms with Crippen molar-refractivity contribution in [1.29, 1.82) is 0 Å². The third-order valence-corrected chi connectivity index (χ3v) is 4.05. The topological polar surface area (TPSA) is 89.5 Å². The zero-order chi connectivity index (χ0) is 14.9. The van der Waals surface area contributed by atoms with Gasteiger partial charge in [0.15, 0.2) is 0 Å². The quantitative estimate of drug-likeness (QED) is 0.673. The van der Waals surface area contributed by atoms with Crippen LogP contribution < -0.4 is 5.73 Å². The molecule has 108 valence electrons.